The van der Waals surface area contributed by atoms with Crippen molar-refractivity contribution >= 4 is 5.91 Å². The third-order valence-corrected chi connectivity index (χ3v) is 1.09. The smallest absolute Gasteiger partial charge is 0.0511 e. The third-order valence-electron chi connectivity index (χ3n) is 1.09. The summed E-state index contributed by atoms with van der Waals surface area (Å²) >= 11 is 0. The number of carbonyl (C=O) groups is 1. The van der Waals surface area contributed by atoms with Crippen LogP contribution in [0.15, 0.2) is 0 Å². The summed E-state index contributed by atoms with van der Waals surface area (Å²) in [6.07, 6.45) is 2.83. The second-order valence-corrected chi connectivity index (χ2v) is 1.73. The van der Waals surface area contributed by atoms with Gasteiger partial charge in [0.1, 0.15) is 0 Å². The number of piperidine rings is 1. The van der Waals surface area contributed by atoms with E-state index in [1.54, 1.807) is 0 Å². The third kappa shape index (κ3) is 10.6. The molecule has 1 heterocycles. The maximum Gasteiger partial charge on any atom is 0.0511 e. The minimum absolute atomic E-state index is 0. The van der Waals surface area contributed by atoms with Crippen molar-refractivity contribution in [2.45, 2.75) is 33.1 Å². The molecule has 0 N–H and O–H groups in total. The summed E-state index contributed by atoms with van der Waals surface area (Å²) < 4.78 is 0. The molecule has 0 atom stereocenters. The molecule has 0 aromatic rings. The first kappa shape index (κ1) is 17.6. The molecule has 0 bridgehead atoms. The Morgan fingerprint density at radius 3 is 2.00 bits per heavy atom. The Kier molecular flexibility index (Phi) is 21.1. The maximum atomic E-state index is 10.3. The number of rotatable bonds is 0. The van der Waals surface area contributed by atoms with Gasteiger partial charge in [-0.15, -0.1) is 6.54 Å². The van der Waals surface area contributed by atoms with Crippen molar-refractivity contribution in [3.8, 4) is 0 Å². The molecule has 0 spiro atoms. The van der Waals surface area contributed by atoms with Crippen LogP contribution >= 0.6 is 0 Å². The number of carbonyl (C=O) groups excluding carboxylic acids is 1. The van der Waals surface area contributed by atoms with Gasteiger partial charge in [0.15, 0.2) is 0 Å². The predicted molar refractivity (Wildman–Crippen MR) is 44.8 cm³/mol. The Balaban J connectivity index is -0.000000149. The number of hydrogen-bond donors (Lipinski definition) is 0. The van der Waals surface area contributed by atoms with Gasteiger partial charge in [-0.3, -0.25) is 0 Å². The van der Waals surface area contributed by atoms with E-state index in [0.29, 0.717) is 6.42 Å². The standard InChI is InChI=1S/C5H9NO.C2H6.CH3.Y/c7-5-3-1-2-4-6-5;1-2;;/h1-4H2,(H,6,7);1-2H3;1H3;/q;;-1;/p-1. The van der Waals surface area contributed by atoms with Crippen molar-refractivity contribution in [3.63, 3.8) is 0 Å². The van der Waals surface area contributed by atoms with Crippen LogP contribution in [0.2, 0.25) is 0 Å². The van der Waals surface area contributed by atoms with Crippen LogP contribution in [0, 0.1) is 7.43 Å². The summed E-state index contributed by atoms with van der Waals surface area (Å²) in [4.78, 5) is 10.3. The van der Waals surface area contributed by atoms with Gasteiger partial charge in [0.2, 0.25) is 0 Å². The second kappa shape index (κ2) is 13.2. The molecular weight excluding hydrogens is 215 g/mol. The van der Waals surface area contributed by atoms with Gasteiger partial charge in [0, 0.05) is 32.7 Å². The Bertz CT molecular complexity index is 78.2. The zero-order valence-corrected chi connectivity index (χ0v) is 10.6. The summed E-state index contributed by atoms with van der Waals surface area (Å²) in [5.74, 6) is 0.0891. The van der Waals surface area contributed by atoms with Crippen LogP contribution in [-0.2, 0) is 37.5 Å². The molecule has 0 aliphatic carbocycles. The molecule has 0 aromatic carbocycles. The summed E-state index contributed by atoms with van der Waals surface area (Å²) in [5.41, 5.74) is 0. The predicted octanol–water partition coefficient (Wildman–Crippen LogP) is 2.54. The van der Waals surface area contributed by atoms with Gasteiger partial charge in [-0.2, -0.15) is 0 Å². The Hall–Kier alpha value is 0.574. The molecule has 1 amide bonds. The minimum atomic E-state index is 0. The van der Waals surface area contributed by atoms with Crippen molar-refractivity contribution in [3.05, 3.63) is 12.7 Å². The maximum absolute atomic E-state index is 10.3. The van der Waals surface area contributed by atoms with Gasteiger partial charge in [-0.25, -0.2) is 0 Å². The molecule has 0 saturated carbocycles. The van der Waals surface area contributed by atoms with Gasteiger partial charge < -0.3 is 17.5 Å². The Morgan fingerprint density at radius 2 is 1.82 bits per heavy atom. The normalized spacial score (nSPS) is 14.2. The van der Waals surface area contributed by atoms with Crippen LogP contribution < -0.4 is 0 Å². The van der Waals surface area contributed by atoms with E-state index in [1.807, 2.05) is 13.8 Å². The molecule has 1 radical (unpaired) electrons. The first-order valence-electron chi connectivity index (χ1n) is 3.60. The summed E-state index contributed by atoms with van der Waals surface area (Å²) in [7, 11) is 0. The van der Waals surface area contributed by atoms with Crippen LogP contribution in [0.1, 0.15) is 33.1 Å². The van der Waals surface area contributed by atoms with E-state index in [1.165, 1.54) is 0 Å². The zero-order valence-electron chi connectivity index (χ0n) is 7.76. The fourth-order valence-corrected chi connectivity index (χ4v) is 0.671. The topological polar surface area (TPSA) is 31.2 Å². The van der Waals surface area contributed by atoms with Crippen molar-refractivity contribution in [1.82, 2.24) is 0 Å². The Labute approximate surface area is 95.4 Å². The summed E-state index contributed by atoms with van der Waals surface area (Å²) in [5, 5.41) is 3.69. The van der Waals surface area contributed by atoms with E-state index in [2.05, 4.69) is 5.32 Å². The molecular formula is C8H17NOY-2. The number of hydrogen-bond acceptors (Lipinski definition) is 1. The SMILES string of the molecule is CC.O=C1CCCC[N-]1.[CH3-].[Y]. The summed E-state index contributed by atoms with van der Waals surface area (Å²) in [6, 6.07) is 0. The molecule has 1 fully saturated rings. The minimum Gasteiger partial charge on any atom is -0.653 e. The largest absolute Gasteiger partial charge is 0.653 e. The van der Waals surface area contributed by atoms with Crippen LogP contribution in [0.3, 0.4) is 0 Å². The molecule has 0 aromatic heterocycles. The fraction of sp³-hybridized carbons (Fsp3) is 0.750. The van der Waals surface area contributed by atoms with Gasteiger partial charge >= 0.3 is 0 Å². The van der Waals surface area contributed by atoms with Gasteiger partial charge in [0.05, 0.1) is 5.91 Å². The Morgan fingerprint density at radius 1 is 1.27 bits per heavy atom. The van der Waals surface area contributed by atoms with Crippen molar-refractivity contribution in [1.29, 1.82) is 0 Å². The van der Waals surface area contributed by atoms with E-state index >= 15 is 0 Å². The molecule has 65 valence electrons. The molecule has 3 heteroatoms. The van der Waals surface area contributed by atoms with E-state index in [-0.39, 0.29) is 46.0 Å². The van der Waals surface area contributed by atoms with Crippen LogP contribution in [-0.4, -0.2) is 12.5 Å². The first-order chi connectivity index (χ1) is 4.39. The van der Waals surface area contributed by atoms with Crippen LogP contribution in [0.25, 0.3) is 5.32 Å². The summed E-state index contributed by atoms with van der Waals surface area (Å²) in [6.45, 7) is 4.76. The average Bonchev–Trinajstić information content (AvgIpc) is 1.94. The van der Waals surface area contributed by atoms with E-state index in [0.717, 1.165) is 19.4 Å². The monoisotopic (exact) mass is 232 g/mol. The molecule has 2 nitrogen and oxygen atoms in total. The van der Waals surface area contributed by atoms with Crippen molar-refractivity contribution in [2.24, 2.45) is 0 Å². The van der Waals surface area contributed by atoms with Crippen LogP contribution in [0.4, 0.5) is 0 Å². The van der Waals surface area contributed by atoms with Gasteiger partial charge in [-0.1, -0.05) is 20.3 Å². The van der Waals surface area contributed by atoms with E-state index in [4.69, 9.17) is 0 Å². The molecule has 1 aliphatic heterocycles. The quantitative estimate of drug-likeness (QED) is 0.590. The zero-order chi connectivity index (χ0) is 7.11. The molecule has 1 aliphatic rings. The first-order valence-corrected chi connectivity index (χ1v) is 3.60. The van der Waals surface area contributed by atoms with Gasteiger partial charge in [-0.05, 0) is 12.8 Å². The molecule has 11 heavy (non-hydrogen) atoms. The molecule has 1 rings (SSSR count). The van der Waals surface area contributed by atoms with Crippen molar-refractivity contribution in [2.75, 3.05) is 6.54 Å². The molecule has 1 saturated heterocycles. The van der Waals surface area contributed by atoms with E-state index < -0.39 is 0 Å². The fourth-order valence-electron chi connectivity index (χ4n) is 0.671. The van der Waals surface area contributed by atoms with Gasteiger partial charge in [0.25, 0.3) is 0 Å². The average molecular weight is 232 g/mol. The van der Waals surface area contributed by atoms with Crippen molar-refractivity contribution < 1.29 is 37.5 Å². The second-order valence-electron chi connectivity index (χ2n) is 1.73. The van der Waals surface area contributed by atoms with E-state index in [9.17, 15) is 4.79 Å². The molecule has 0 unspecified atom stereocenters. The van der Waals surface area contributed by atoms with Crippen LogP contribution in [0.5, 0.6) is 0 Å². The number of amides is 1. The number of nitrogens with zero attached hydrogens (tertiary/aromatic N) is 1.